The SMILES string of the molecule is CC(C)COc1nc(Oc2ccc3c(c2)COB3O)ccc1C#N. The quantitative estimate of drug-likeness (QED) is 0.847. The van der Waals surface area contributed by atoms with Gasteiger partial charge in [-0.1, -0.05) is 19.9 Å². The zero-order valence-corrected chi connectivity index (χ0v) is 13.5. The van der Waals surface area contributed by atoms with Crippen LogP contribution < -0.4 is 14.9 Å². The van der Waals surface area contributed by atoms with Gasteiger partial charge in [0.25, 0.3) is 0 Å². The van der Waals surface area contributed by atoms with E-state index in [-0.39, 0.29) is 5.88 Å². The molecule has 0 spiro atoms. The smallest absolute Gasteiger partial charge is 0.476 e. The summed E-state index contributed by atoms with van der Waals surface area (Å²) in [6.45, 7) is 4.86. The van der Waals surface area contributed by atoms with Crippen LogP contribution in [0.3, 0.4) is 0 Å². The highest BCUT2D eigenvalue weighted by Crippen LogP contribution is 2.26. The summed E-state index contributed by atoms with van der Waals surface area (Å²) in [4.78, 5) is 4.27. The first kappa shape index (κ1) is 16.3. The highest BCUT2D eigenvalue weighted by Gasteiger charge is 2.27. The molecule has 1 aromatic carbocycles. The molecule has 2 aromatic rings. The third-order valence-corrected chi connectivity index (χ3v) is 3.51. The molecule has 0 aliphatic carbocycles. The average molecular weight is 324 g/mol. The molecule has 6 nitrogen and oxygen atoms in total. The predicted octanol–water partition coefficient (Wildman–Crippen LogP) is 2.00. The summed E-state index contributed by atoms with van der Waals surface area (Å²) in [7, 11) is -0.877. The summed E-state index contributed by atoms with van der Waals surface area (Å²) in [6, 6.07) is 10.6. The van der Waals surface area contributed by atoms with Crippen molar-refractivity contribution in [3.63, 3.8) is 0 Å². The van der Waals surface area contributed by atoms with Crippen LogP contribution in [0.5, 0.6) is 17.5 Å². The van der Waals surface area contributed by atoms with Crippen molar-refractivity contribution in [2.45, 2.75) is 20.5 Å². The van der Waals surface area contributed by atoms with Gasteiger partial charge in [0.2, 0.25) is 11.8 Å². The van der Waals surface area contributed by atoms with Crippen molar-refractivity contribution >= 4 is 12.6 Å². The van der Waals surface area contributed by atoms with Gasteiger partial charge in [-0.05, 0) is 35.1 Å². The molecule has 1 aliphatic rings. The number of benzene rings is 1. The highest BCUT2D eigenvalue weighted by atomic mass is 16.5. The lowest BCUT2D eigenvalue weighted by Crippen LogP contribution is -2.27. The lowest BCUT2D eigenvalue weighted by Gasteiger charge is -2.11. The Balaban J connectivity index is 1.80. The summed E-state index contributed by atoms with van der Waals surface area (Å²) in [6.07, 6.45) is 0. The minimum atomic E-state index is -0.877. The zero-order valence-electron chi connectivity index (χ0n) is 13.5. The second-order valence-electron chi connectivity index (χ2n) is 5.94. The van der Waals surface area contributed by atoms with Crippen LogP contribution in [0.25, 0.3) is 0 Å². The summed E-state index contributed by atoms with van der Waals surface area (Å²) in [5.74, 6) is 1.51. The van der Waals surface area contributed by atoms with E-state index in [4.69, 9.17) is 19.4 Å². The van der Waals surface area contributed by atoms with Crippen LogP contribution in [0.4, 0.5) is 0 Å². The van der Waals surface area contributed by atoms with Crippen LogP contribution in [-0.2, 0) is 11.3 Å². The molecule has 0 bridgehead atoms. The maximum absolute atomic E-state index is 9.64. The average Bonchev–Trinajstić information content (AvgIpc) is 2.94. The van der Waals surface area contributed by atoms with Crippen LogP contribution in [0, 0.1) is 17.2 Å². The van der Waals surface area contributed by atoms with E-state index < -0.39 is 7.12 Å². The van der Waals surface area contributed by atoms with Crippen LogP contribution in [-0.4, -0.2) is 23.7 Å². The number of nitriles is 1. The fourth-order valence-electron chi connectivity index (χ4n) is 2.31. The maximum atomic E-state index is 9.64. The van der Waals surface area contributed by atoms with E-state index >= 15 is 0 Å². The summed E-state index contributed by atoms with van der Waals surface area (Å²) >= 11 is 0. The molecule has 0 radical (unpaired) electrons. The topological polar surface area (TPSA) is 84.6 Å². The first-order valence-electron chi connectivity index (χ1n) is 7.71. The molecule has 1 aromatic heterocycles. The number of pyridine rings is 1. The minimum absolute atomic E-state index is 0.267. The Kier molecular flexibility index (Phi) is 4.70. The van der Waals surface area contributed by atoms with E-state index in [1.165, 1.54) is 0 Å². The molecule has 7 heteroatoms. The normalized spacial score (nSPS) is 12.9. The molecule has 122 valence electrons. The maximum Gasteiger partial charge on any atom is 0.491 e. The van der Waals surface area contributed by atoms with Crippen LogP contribution in [0.2, 0.25) is 0 Å². The molecule has 1 aliphatic heterocycles. The van der Waals surface area contributed by atoms with E-state index in [1.54, 1.807) is 30.3 Å². The summed E-state index contributed by atoms with van der Waals surface area (Å²) in [5, 5.41) is 18.8. The monoisotopic (exact) mass is 324 g/mol. The molecule has 0 unspecified atom stereocenters. The van der Waals surface area contributed by atoms with Crippen LogP contribution in [0.1, 0.15) is 25.0 Å². The first-order chi connectivity index (χ1) is 11.6. The van der Waals surface area contributed by atoms with Crippen LogP contribution in [0.15, 0.2) is 30.3 Å². The van der Waals surface area contributed by atoms with Gasteiger partial charge < -0.3 is 19.2 Å². The summed E-state index contributed by atoms with van der Waals surface area (Å²) < 4.78 is 16.5. The van der Waals surface area contributed by atoms with Gasteiger partial charge in [-0.3, -0.25) is 0 Å². The fourth-order valence-corrected chi connectivity index (χ4v) is 2.31. The third-order valence-electron chi connectivity index (χ3n) is 3.51. The van der Waals surface area contributed by atoms with Crippen LogP contribution >= 0.6 is 0 Å². The number of ether oxygens (including phenoxy) is 2. The van der Waals surface area contributed by atoms with Crippen molar-refractivity contribution in [2.75, 3.05) is 6.61 Å². The Labute approximate surface area is 140 Å². The molecule has 2 heterocycles. The van der Waals surface area contributed by atoms with Gasteiger partial charge in [-0.2, -0.15) is 10.2 Å². The Bertz CT molecular complexity index is 789. The number of hydrogen-bond donors (Lipinski definition) is 1. The molecule has 0 fully saturated rings. The van der Waals surface area contributed by atoms with Gasteiger partial charge >= 0.3 is 7.12 Å². The second kappa shape index (κ2) is 6.91. The molecule has 0 atom stereocenters. The van der Waals surface area contributed by atoms with Crippen molar-refractivity contribution in [3.05, 3.63) is 41.5 Å². The number of nitrogens with zero attached hydrogens (tertiary/aromatic N) is 2. The lowest BCUT2D eigenvalue weighted by atomic mass is 9.80. The number of fused-ring (bicyclic) bond motifs is 1. The molecule has 0 amide bonds. The first-order valence-corrected chi connectivity index (χ1v) is 7.71. The van der Waals surface area contributed by atoms with Gasteiger partial charge in [0.15, 0.2) is 0 Å². The lowest BCUT2D eigenvalue weighted by molar-refractivity contribution is 0.258. The Morgan fingerprint density at radius 3 is 2.96 bits per heavy atom. The van der Waals surface area contributed by atoms with E-state index in [0.29, 0.717) is 36.3 Å². The number of hydrogen-bond acceptors (Lipinski definition) is 6. The van der Waals surface area contributed by atoms with Crippen molar-refractivity contribution in [3.8, 4) is 23.6 Å². The predicted molar refractivity (Wildman–Crippen MR) is 88.2 cm³/mol. The molecule has 3 rings (SSSR count). The Morgan fingerprint density at radius 2 is 2.21 bits per heavy atom. The molecular formula is C17H17BN2O4. The Hall–Kier alpha value is -2.56. The summed E-state index contributed by atoms with van der Waals surface area (Å²) in [5.41, 5.74) is 1.99. The molecule has 0 saturated heterocycles. The van der Waals surface area contributed by atoms with Crippen molar-refractivity contribution in [1.29, 1.82) is 5.26 Å². The third kappa shape index (κ3) is 3.50. The van der Waals surface area contributed by atoms with Crippen molar-refractivity contribution in [1.82, 2.24) is 4.98 Å². The standard InChI is InChI=1S/C17H17BN2O4/c1-11(2)9-22-17-12(8-19)3-6-16(20-17)24-14-4-5-15-13(7-14)10-23-18(15)21/h3-7,11,21H,9-10H2,1-2H3. The van der Waals surface area contributed by atoms with E-state index in [9.17, 15) is 5.02 Å². The van der Waals surface area contributed by atoms with Gasteiger partial charge in [-0.15, -0.1) is 0 Å². The zero-order chi connectivity index (χ0) is 17.1. The molecule has 24 heavy (non-hydrogen) atoms. The minimum Gasteiger partial charge on any atom is -0.476 e. The largest absolute Gasteiger partial charge is 0.491 e. The van der Waals surface area contributed by atoms with Crippen molar-refractivity contribution < 1.29 is 19.2 Å². The molecule has 1 N–H and O–H groups in total. The van der Waals surface area contributed by atoms with Gasteiger partial charge in [0, 0.05) is 6.07 Å². The van der Waals surface area contributed by atoms with Crippen molar-refractivity contribution in [2.24, 2.45) is 5.92 Å². The van der Waals surface area contributed by atoms with E-state index in [1.807, 2.05) is 13.8 Å². The van der Waals surface area contributed by atoms with E-state index in [0.717, 1.165) is 11.0 Å². The highest BCUT2D eigenvalue weighted by molar-refractivity contribution is 6.61. The molecule has 0 saturated carbocycles. The van der Waals surface area contributed by atoms with Gasteiger partial charge in [0.05, 0.1) is 13.2 Å². The number of rotatable bonds is 5. The fraction of sp³-hybridized carbons (Fsp3) is 0.294. The molecular weight excluding hydrogens is 307 g/mol. The van der Waals surface area contributed by atoms with E-state index in [2.05, 4.69) is 11.1 Å². The Morgan fingerprint density at radius 1 is 1.38 bits per heavy atom. The second-order valence-corrected chi connectivity index (χ2v) is 5.94. The van der Waals surface area contributed by atoms with Gasteiger partial charge in [0.1, 0.15) is 17.4 Å². The number of aromatic nitrogens is 1. The van der Waals surface area contributed by atoms with Gasteiger partial charge in [-0.25, -0.2) is 0 Å².